The summed E-state index contributed by atoms with van der Waals surface area (Å²) in [7, 11) is 0. The van der Waals surface area contributed by atoms with Crippen molar-refractivity contribution >= 4 is 11.7 Å². The van der Waals surface area contributed by atoms with Crippen LogP contribution in [0.3, 0.4) is 0 Å². The molecule has 1 aromatic rings. The van der Waals surface area contributed by atoms with E-state index in [0.717, 1.165) is 39.1 Å². The molecular formula is C15H22N2O2. The average Bonchev–Trinajstić information content (AvgIpc) is 2.40. The highest BCUT2D eigenvalue weighted by Crippen LogP contribution is 2.17. The summed E-state index contributed by atoms with van der Waals surface area (Å²) < 4.78 is 0. The van der Waals surface area contributed by atoms with Gasteiger partial charge in [-0.25, -0.2) is 0 Å². The van der Waals surface area contributed by atoms with Gasteiger partial charge < -0.3 is 10.0 Å². The molecule has 0 bridgehead atoms. The SMILES string of the molecule is Cc1ccc(N2CCN(CCCC(=O)O)CC2)cc1. The van der Waals surface area contributed by atoms with Crippen LogP contribution in [-0.2, 0) is 4.79 Å². The Morgan fingerprint density at radius 2 is 1.79 bits per heavy atom. The molecule has 0 amide bonds. The van der Waals surface area contributed by atoms with E-state index in [-0.39, 0.29) is 6.42 Å². The second-order valence-electron chi connectivity index (χ2n) is 5.16. The molecule has 1 heterocycles. The highest BCUT2D eigenvalue weighted by molar-refractivity contribution is 5.66. The molecule has 1 aliphatic rings. The van der Waals surface area contributed by atoms with Crippen LogP contribution in [0.4, 0.5) is 5.69 Å². The molecule has 1 fully saturated rings. The fourth-order valence-electron chi connectivity index (χ4n) is 2.44. The Labute approximate surface area is 114 Å². The molecule has 1 saturated heterocycles. The Balaban J connectivity index is 1.76. The van der Waals surface area contributed by atoms with E-state index in [1.54, 1.807) is 0 Å². The Morgan fingerprint density at radius 1 is 1.16 bits per heavy atom. The zero-order valence-corrected chi connectivity index (χ0v) is 11.5. The molecule has 0 atom stereocenters. The molecule has 2 rings (SSSR count). The molecule has 0 radical (unpaired) electrons. The number of rotatable bonds is 5. The Hall–Kier alpha value is -1.55. The molecule has 0 saturated carbocycles. The van der Waals surface area contributed by atoms with Gasteiger partial charge in [0.25, 0.3) is 0 Å². The van der Waals surface area contributed by atoms with Crippen LogP contribution in [0.25, 0.3) is 0 Å². The van der Waals surface area contributed by atoms with Gasteiger partial charge in [0.2, 0.25) is 0 Å². The van der Waals surface area contributed by atoms with Crippen LogP contribution in [0.5, 0.6) is 0 Å². The van der Waals surface area contributed by atoms with Gasteiger partial charge in [0.15, 0.2) is 0 Å². The largest absolute Gasteiger partial charge is 0.481 e. The lowest BCUT2D eigenvalue weighted by Crippen LogP contribution is -2.46. The molecule has 1 N–H and O–H groups in total. The van der Waals surface area contributed by atoms with Crippen molar-refractivity contribution in [3.8, 4) is 0 Å². The summed E-state index contributed by atoms with van der Waals surface area (Å²) >= 11 is 0. The Kier molecular flexibility index (Phi) is 4.80. The Bertz CT molecular complexity index is 409. The van der Waals surface area contributed by atoms with Gasteiger partial charge in [-0.1, -0.05) is 17.7 Å². The normalized spacial score (nSPS) is 16.6. The van der Waals surface area contributed by atoms with Crippen molar-refractivity contribution in [2.45, 2.75) is 19.8 Å². The maximum atomic E-state index is 10.5. The number of carboxylic acid groups (broad SMARTS) is 1. The number of hydrogen-bond acceptors (Lipinski definition) is 3. The number of nitrogens with zero attached hydrogens (tertiary/aromatic N) is 2. The average molecular weight is 262 g/mol. The number of hydrogen-bond donors (Lipinski definition) is 1. The summed E-state index contributed by atoms with van der Waals surface area (Å²) in [6, 6.07) is 8.65. The lowest BCUT2D eigenvalue weighted by molar-refractivity contribution is -0.137. The second kappa shape index (κ2) is 6.57. The summed E-state index contributed by atoms with van der Waals surface area (Å²) in [4.78, 5) is 15.2. The fraction of sp³-hybridized carbons (Fsp3) is 0.533. The minimum absolute atomic E-state index is 0.276. The van der Waals surface area contributed by atoms with Crippen LogP contribution in [0, 0.1) is 6.92 Å². The first kappa shape index (κ1) is 13.9. The van der Waals surface area contributed by atoms with Crippen LogP contribution in [0.1, 0.15) is 18.4 Å². The van der Waals surface area contributed by atoms with Crippen LogP contribution < -0.4 is 4.90 Å². The van der Waals surface area contributed by atoms with E-state index in [4.69, 9.17) is 5.11 Å². The number of carbonyl (C=O) groups is 1. The van der Waals surface area contributed by atoms with E-state index < -0.39 is 5.97 Å². The van der Waals surface area contributed by atoms with Crippen molar-refractivity contribution in [3.05, 3.63) is 29.8 Å². The van der Waals surface area contributed by atoms with Crippen molar-refractivity contribution in [2.24, 2.45) is 0 Å². The lowest BCUT2D eigenvalue weighted by atomic mass is 10.2. The summed E-state index contributed by atoms with van der Waals surface area (Å²) in [6.07, 6.45) is 1.03. The molecule has 0 spiro atoms. The molecule has 4 nitrogen and oxygen atoms in total. The number of aliphatic carboxylic acids is 1. The van der Waals surface area contributed by atoms with Gasteiger partial charge in [0.05, 0.1) is 0 Å². The van der Waals surface area contributed by atoms with Gasteiger partial charge in [-0.05, 0) is 32.0 Å². The first-order chi connectivity index (χ1) is 9.15. The van der Waals surface area contributed by atoms with Gasteiger partial charge in [0, 0.05) is 38.3 Å². The topological polar surface area (TPSA) is 43.8 Å². The third-order valence-corrected chi connectivity index (χ3v) is 3.64. The second-order valence-corrected chi connectivity index (χ2v) is 5.16. The number of benzene rings is 1. The molecule has 0 aromatic heterocycles. The molecule has 19 heavy (non-hydrogen) atoms. The fourth-order valence-corrected chi connectivity index (χ4v) is 2.44. The third kappa shape index (κ3) is 4.24. The van der Waals surface area contributed by atoms with Crippen LogP contribution >= 0.6 is 0 Å². The first-order valence-electron chi connectivity index (χ1n) is 6.91. The van der Waals surface area contributed by atoms with Crippen molar-refractivity contribution < 1.29 is 9.90 Å². The molecule has 104 valence electrons. The zero-order chi connectivity index (χ0) is 13.7. The van der Waals surface area contributed by atoms with E-state index in [1.807, 2.05) is 0 Å². The summed E-state index contributed by atoms with van der Waals surface area (Å²) in [5, 5.41) is 8.63. The van der Waals surface area contributed by atoms with Gasteiger partial charge in [-0.2, -0.15) is 0 Å². The van der Waals surface area contributed by atoms with Crippen LogP contribution in [0.2, 0.25) is 0 Å². The molecule has 4 heteroatoms. The molecule has 0 aliphatic carbocycles. The van der Waals surface area contributed by atoms with Gasteiger partial charge in [-0.3, -0.25) is 9.69 Å². The first-order valence-corrected chi connectivity index (χ1v) is 6.91. The Morgan fingerprint density at radius 3 is 2.37 bits per heavy atom. The molecule has 0 unspecified atom stereocenters. The van der Waals surface area contributed by atoms with Crippen LogP contribution in [-0.4, -0.2) is 48.7 Å². The van der Waals surface area contributed by atoms with Gasteiger partial charge in [0.1, 0.15) is 0 Å². The quantitative estimate of drug-likeness (QED) is 0.881. The van der Waals surface area contributed by atoms with Gasteiger partial charge in [-0.15, -0.1) is 0 Å². The van der Waals surface area contributed by atoms with Crippen LogP contribution in [0.15, 0.2) is 24.3 Å². The van der Waals surface area contributed by atoms with Crippen molar-refractivity contribution in [2.75, 3.05) is 37.6 Å². The highest BCUT2D eigenvalue weighted by atomic mass is 16.4. The van der Waals surface area contributed by atoms with E-state index in [0.29, 0.717) is 0 Å². The molecular weight excluding hydrogens is 240 g/mol. The standard InChI is InChI=1S/C15H22N2O2/c1-13-4-6-14(7-5-13)17-11-9-16(10-12-17)8-2-3-15(18)19/h4-7H,2-3,8-12H2,1H3,(H,18,19). The maximum absolute atomic E-state index is 10.5. The van der Waals surface area contributed by atoms with E-state index in [2.05, 4.69) is 41.0 Å². The van der Waals surface area contributed by atoms with E-state index in [9.17, 15) is 4.79 Å². The monoisotopic (exact) mass is 262 g/mol. The predicted molar refractivity (Wildman–Crippen MR) is 76.7 cm³/mol. The van der Waals surface area contributed by atoms with E-state index in [1.165, 1.54) is 11.3 Å². The summed E-state index contributed by atoms with van der Waals surface area (Å²) in [5.41, 5.74) is 2.58. The maximum Gasteiger partial charge on any atom is 0.303 e. The minimum Gasteiger partial charge on any atom is -0.481 e. The van der Waals surface area contributed by atoms with Crippen molar-refractivity contribution in [1.29, 1.82) is 0 Å². The minimum atomic E-state index is -0.696. The highest BCUT2D eigenvalue weighted by Gasteiger charge is 2.16. The van der Waals surface area contributed by atoms with E-state index >= 15 is 0 Å². The number of anilines is 1. The van der Waals surface area contributed by atoms with Crippen molar-refractivity contribution in [3.63, 3.8) is 0 Å². The predicted octanol–water partition coefficient (Wildman–Crippen LogP) is 1.98. The van der Waals surface area contributed by atoms with Gasteiger partial charge >= 0.3 is 5.97 Å². The smallest absolute Gasteiger partial charge is 0.303 e. The third-order valence-electron chi connectivity index (χ3n) is 3.64. The lowest BCUT2D eigenvalue weighted by Gasteiger charge is -2.36. The summed E-state index contributed by atoms with van der Waals surface area (Å²) in [6.45, 7) is 7.09. The number of carboxylic acids is 1. The van der Waals surface area contributed by atoms with Crippen molar-refractivity contribution in [1.82, 2.24) is 4.90 Å². The molecule has 1 aliphatic heterocycles. The zero-order valence-electron chi connectivity index (χ0n) is 11.5. The number of aryl methyl sites for hydroxylation is 1. The number of piperazine rings is 1. The summed E-state index contributed by atoms with van der Waals surface area (Å²) in [5.74, 6) is -0.696. The molecule has 1 aromatic carbocycles.